The van der Waals surface area contributed by atoms with Crippen LogP contribution in [0.4, 0.5) is 0 Å². The molecule has 0 fully saturated rings. The monoisotopic (exact) mass is 322 g/mol. The summed E-state index contributed by atoms with van der Waals surface area (Å²) in [7, 11) is 1.75. The number of aliphatic imine (C=N–C) groups is 1. The number of nitrogens with one attached hydrogen (secondary N) is 2. The fraction of sp³-hybridized carbons (Fsp3) is 0.812. The van der Waals surface area contributed by atoms with Gasteiger partial charge in [-0.05, 0) is 18.8 Å². The van der Waals surface area contributed by atoms with Crippen LogP contribution in [0, 0.1) is 5.41 Å². The average Bonchev–Trinajstić information content (AvgIpc) is 2.94. The first-order valence-electron chi connectivity index (χ1n) is 8.38. The number of ether oxygens (including phenoxy) is 1. The van der Waals surface area contributed by atoms with Gasteiger partial charge in [-0.1, -0.05) is 20.8 Å². The van der Waals surface area contributed by atoms with Gasteiger partial charge >= 0.3 is 0 Å². The number of nitrogens with zero attached hydrogens (tertiary/aromatic N) is 4. The summed E-state index contributed by atoms with van der Waals surface area (Å²) in [6.45, 7) is 10.9. The van der Waals surface area contributed by atoms with E-state index in [9.17, 15) is 0 Å². The lowest BCUT2D eigenvalue weighted by molar-refractivity contribution is 0.0241. The molecular weight excluding hydrogens is 292 g/mol. The highest BCUT2D eigenvalue weighted by Gasteiger charge is 2.25. The lowest BCUT2D eigenvalue weighted by Crippen LogP contribution is -2.47. The zero-order valence-electron chi connectivity index (χ0n) is 15.0. The number of hydrogen-bond donors (Lipinski definition) is 2. The minimum absolute atomic E-state index is 0.0655. The number of aromatic nitrogens is 3. The van der Waals surface area contributed by atoms with Crippen molar-refractivity contribution in [2.24, 2.45) is 10.4 Å². The van der Waals surface area contributed by atoms with Gasteiger partial charge in [0.25, 0.3) is 0 Å². The molecule has 23 heavy (non-hydrogen) atoms. The third-order valence-corrected chi connectivity index (χ3v) is 4.16. The van der Waals surface area contributed by atoms with Crippen molar-refractivity contribution in [3.63, 3.8) is 0 Å². The van der Waals surface area contributed by atoms with Crippen LogP contribution in [0.1, 0.15) is 39.9 Å². The van der Waals surface area contributed by atoms with Crippen molar-refractivity contribution in [1.82, 2.24) is 25.4 Å². The maximum atomic E-state index is 5.58. The number of guanidine groups is 1. The normalized spacial score (nSPS) is 20.0. The van der Waals surface area contributed by atoms with E-state index in [0.717, 1.165) is 37.7 Å². The van der Waals surface area contributed by atoms with Crippen molar-refractivity contribution in [2.75, 3.05) is 20.2 Å². The predicted molar refractivity (Wildman–Crippen MR) is 91.5 cm³/mol. The van der Waals surface area contributed by atoms with Crippen molar-refractivity contribution in [1.29, 1.82) is 0 Å². The van der Waals surface area contributed by atoms with Gasteiger partial charge in [-0.3, -0.25) is 4.99 Å². The summed E-state index contributed by atoms with van der Waals surface area (Å²) in [4.78, 5) is 8.98. The van der Waals surface area contributed by atoms with Gasteiger partial charge in [-0.2, -0.15) is 5.10 Å². The molecule has 0 spiro atoms. The van der Waals surface area contributed by atoms with Crippen molar-refractivity contribution in [2.45, 2.75) is 59.2 Å². The summed E-state index contributed by atoms with van der Waals surface area (Å²) in [6.07, 6.45) is 3.70. The summed E-state index contributed by atoms with van der Waals surface area (Å²) >= 11 is 0. The number of hydrogen-bond acceptors (Lipinski definition) is 4. The quantitative estimate of drug-likeness (QED) is 0.629. The molecule has 2 atom stereocenters. The maximum Gasteiger partial charge on any atom is 0.191 e. The molecule has 2 heterocycles. The maximum absolute atomic E-state index is 5.58. The fourth-order valence-electron chi connectivity index (χ4n) is 2.74. The Kier molecular flexibility index (Phi) is 5.98. The van der Waals surface area contributed by atoms with Crippen LogP contribution in [-0.2, 0) is 17.7 Å². The number of fused-ring (bicyclic) bond motifs is 1. The molecule has 0 bridgehead atoms. The van der Waals surface area contributed by atoms with E-state index in [1.807, 2.05) is 4.68 Å². The Morgan fingerprint density at radius 3 is 2.96 bits per heavy atom. The third-order valence-electron chi connectivity index (χ3n) is 4.16. The summed E-state index contributed by atoms with van der Waals surface area (Å²) in [5.41, 5.74) is 0.0655. The number of rotatable bonds is 5. The average molecular weight is 322 g/mol. The van der Waals surface area contributed by atoms with Gasteiger partial charge < -0.3 is 15.4 Å². The Labute approximate surface area is 138 Å². The van der Waals surface area contributed by atoms with E-state index in [1.165, 1.54) is 0 Å². The molecule has 1 aliphatic rings. The highest BCUT2D eigenvalue weighted by Crippen LogP contribution is 2.21. The molecule has 2 rings (SSSR count). The van der Waals surface area contributed by atoms with E-state index in [0.29, 0.717) is 12.6 Å². The van der Waals surface area contributed by atoms with Crippen LogP contribution in [0.5, 0.6) is 0 Å². The largest absolute Gasteiger partial charge is 0.379 e. The van der Waals surface area contributed by atoms with E-state index in [-0.39, 0.29) is 11.5 Å². The standard InChI is InChI=1S/C16H30N6O/c1-6-17-15(18-9-13(23-5)16(2,3)4)21-12-7-8-14-19-11-20-22(14)10-12/h11-13H,6-10H2,1-5H3,(H2,17,18,21). The minimum atomic E-state index is 0.0655. The third kappa shape index (κ3) is 4.92. The Morgan fingerprint density at radius 1 is 1.52 bits per heavy atom. The van der Waals surface area contributed by atoms with Gasteiger partial charge in [0.15, 0.2) is 5.96 Å². The molecule has 1 aromatic rings. The molecule has 2 N–H and O–H groups in total. The molecule has 0 amide bonds. The zero-order valence-corrected chi connectivity index (χ0v) is 15.0. The molecule has 7 nitrogen and oxygen atoms in total. The second-order valence-electron chi connectivity index (χ2n) is 7.05. The van der Waals surface area contributed by atoms with Gasteiger partial charge in [-0.25, -0.2) is 9.67 Å². The molecule has 1 aromatic heterocycles. The first-order chi connectivity index (χ1) is 10.9. The topological polar surface area (TPSA) is 76.4 Å². The summed E-state index contributed by atoms with van der Waals surface area (Å²) in [5, 5.41) is 11.1. The summed E-state index contributed by atoms with van der Waals surface area (Å²) in [6, 6.07) is 0.317. The van der Waals surface area contributed by atoms with E-state index < -0.39 is 0 Å². The molecule has 2 unspecified atom stereocenters. The second-order valence-corrected chi connectivity index (χ2v) is 7.05. The number of aryl methyl sites for hydroxylation is 1. The van der Waals surface area contributed by atoms with Crippen LogP contribution in [-0.4, -0.2) is 53.1 Å². The van der Waals surface area contributed by atoms with E-state index in [1.54, 1.807) is 13.4 Å². The van der Waals surface area contributed by atoms with Crippen LogP contribution in [0.25, 0.3) is 0 Å². The molecule has 0 saturated heterocycles. The Bertz CT molecular complexity index is 519. The van der Waals surface area contributed by atoms with Crippen LogP contribution in [0.3, 0.4) is 0 Å². The molecule has 130 valence electrons. The first-order valence-corrected chi connectivity index (χ1v) is 8.38. The van der Waals surface area contributed by atoms with Gasteiger partial charge in [0, 0.05) is 26.1 Å². The Hall–Kier alpha value is -1.63. The van der Waals surface area contributed by atoms with Crippen molar-refractivity contribution >= 4 is 5.96 Å². The summed E-state index contributed by atoms with van der Waals surface area (Å²) in [5.74, 6) is 1.91. The lowest BCUT2D eigenvalue weighted by atomic mass is 9.89. The summed E-state index contributed by atoms with van der Waals surface area (Å²) < 4.78 is 7.55. The molecule has 0 aromatic carbocycles. The molecule has 1 aliphatic heterocycles. The molecule has 0 aliphatic carbocycles. The molecular formula is C16H30N6O. The van der Waals surface area contributed by atoms with E-state index >= 15 is 0 Å². The highest BCUT2D eigenvalue weighted by molar-refractivity contribution is 5.80. The van der Waals surface area contributed by atoms with Gasteiger partial charge in [0.1, 0.15) is 12.2 Å². The molecule has 7 heteroatoms. The first kappa shape index (κ1) is 17.7. The van der Waals surface area contributed by atoms with Gasteiger partial charge in [0.05, 0.1) is 19.2 Å². The fourth-order valence-corrected chi connectivity index (χ4v) is 2.74. The van der Waals surface area contributed by atoms with Crippen LogP contribution >= 0.6 is 0 Å². The Morgan fingerprint density at radius 2 is 2.30 bits per heavy atom. The predicted octanol–water partition coefficient (Wildman–Crippen LogP) is 1.21. The van der Waals surface area contributed by atoms with E-state index in [4.69, 9.17) is 9.73 Å². The Balaban J connectivity index is 1.97. The number of methoxy groups -OCH3 is 1. The molecule has 0 saturated carbocycles. The molecule has 0 radical (unpaired) electrons. The van der Waals surface area contributed by atoms with Crippen molar-refractivity contribution in [3.05, 3.63) is 12.2 Å². The van der Waals surface area contributed by atoms with Crippen LogP contribution in [0.15, 0.2) is 11.3 Å². The smallest absolute Gasteiger partial charge is 0.191 e. The lowest BCUT2D eigenvalue weighted by Gasteiger charge is -2.29. The second kappa shape index (κ2) is 7.77. The zero-order chi connectivity index (χ0) is 16.9. The van der Waals surface area contributed by atoms with E-state index in [2.05, 4.69) is 48.4 Å². The SMILES string of the molecule is CCNC(=NCC(OC)C(C)(C)C)NC1CCc2ncnn2C1. The van der Waals surface area contributed by atoms with Crippen molar-refractivity contribution < 1.29 is 4.74 Å². The highest BCUT2D eigenvalue weighted by atomic mass is 16.5. The minimum Gasteiger partial charge on any atom is -0.379 e. The van der Waals surface area contributed by atoms with Crippen molar-refractivity contribution in [3.8, 4) is 0 Å². The van der Waals surface area contributed by atoms with Crippen LogP contribution < -0.4 is 10.6 Å². The van der Waals surface area contributed by atoms with Crippen LogP contribution in [0.2, 0.25) is 0 Å². The van der Waals surface area contributed by atoms with Gasteiger partial charge in [-0.15, -0.1) is 0 Å². The van der Waals surface area contributed by atoms with Gasteiger partial charge in [0.2, 0.25) is 0 Å².